The van der Waals surface area contributed by atoms with Crippen LogP contribution in [0.25, 0.3) is 0 Å². The van der Waals surface area contributed by atoms with Gasteiger partial charge in [0.05, 0.1) is 5.69 Å². The first-order valence-corrected chi connectivity index (χ1v) is 5.63. The number of aromatic nitrogens is 2. The molecule has 1 aromatic rings. The second kappa shape index (κ2) is 4.25. The molecule has 1 rings (SSSR count). The summed E-state index contributed by atoms with van der Waals surface area (Å²) in [6.07, 6.45) is 3.16. The van der Waals surface area contributed by atoms with Crippen LogP contribution in [0, 0.1) is 0 Å². The maximum atomic E-state index is 9.91. The number of hydrogen-bond donors (Lipinski definition) is 1. The van der Waals surface area contributed by atoms with E-state index in [0.29, 0.717) is 5.88 Å². The normalized spacial score (nSPS) is 12.1. The highest BCUT2D eigenvalue weighted by molar-refractivity contribution is 5.34. The third kappa shape index (κ3) is 2.52. The predicted octanol–water partition coefficient (Wildman–Crippen LogP) is 2.77. The number of rotatable bonds is 3. The van der Waals surface area contributed by atoms with E-state index in [4.69, 9.17) is 0 Å². The van der Waals surface area contributed by atoms with Gasteiger partial charge >= 0.3 is 0 Å². The summed E-state index contributed by atoms with van der Waals surface area (Å²) < 4.78 is 1.57. The molecule has 0 atom stereocenters. The fraction of sp³-hybridized carbons (Fsp3) is 0.750. The lowest BCUT2D eigenvalue weighted by Crippen LogP contribution is -2.14. The van der Waals surface area contributed by atoms with Gasteiger partial charge in [0.1, 0.15) is 0 Å². The molecule has 86 valence electrons. The smallest absolute Gasteiger partial charge is 0.212 e. The number of hydrogen-bond acceptors (Lipinski definition) is 2. The minimum atomic E-state index is 0.00180. The van der Waals surface area contributed by atoms with Crippen LogP contribution >= 0.6 is 0 Å². The van der Waals surface area contributed by atoms with Crippen LogP contribution in [0.3, 0.4) is 0 Å². The van der Waals surface area contributed by atoms with E-state index < -0.39 is 0 Å². The maximum Gasteiger partial charge on any atom is 0.212 e. The second-order valence-electron chi connectivity index (χ2n) is 5.13. The fourth-order valence-corrected chi connectivity index (χ4v) is 1.75. The Bertz CT molecular complexity index is 334. The summed E-state index contributed by atoms with van der Waals surface area (Å²) in [5.41, 5.74) is 2.05. The third-order valence-corrected chi connectivity index (χ3v) is 2.60. The first kappa shape index (κ1) is 12.1. The van der Waals surface area contributed by atoms with Crippen LogP contribution in [0.2, 0.25) is 0 Å². The molecule has 0 unspecified atom stereocenters. The number of aryl methyl sites for hydroxylation is 1. The lowest BCUT2D eigenvalue weighted by atomic mass is 9.88. The molecular weight excluding hydrogens is 188 g/mol. The predicted molar refractivity (Wildman–Crippen MR) is 62.2 cm³/mol. The standard InChI is InChI=1S/C12H22N2O/c1-6-7-8-9-10(12(2,3)4)13-14(5)11(9)15/h15H,6-8H2,1-5H3. The molecule has 0 saturated carbocycles. The van der Waals surface area contributed by atoms with Crippen molar-refractivity contribution in [1.82, 2.24) is 9.78 Å². The first-order valence-electron chi connectivity index (χ1n) is 5.63. The minimum absolute atomic E-state index is 0.00180. The van der Waals surface area contributed by atoms with E-state index >= 15 is 0 Å². The molecule has 0 spiro atoms. The summed E-state index contributed by atoms with van der Waals surface area (Å²) in [5.74, 6) is 0.327. The number of aromatic hydroxyl groups is 1. The van der Waals surface area contributed by atoms with Crippen LogP contribution < -0.4 is 0 Å². The molecule has 0 amide bonds. The zero-order chi connectivity index (χ0) is 11.6. The SMILES string of the molecule is CCCCc1c(C(C)(C)C)nn(C)c1O. The Morgan fingerprint density at radius 3 is 2.40 bits per heavy atom. The van der Waals surface area contributed by atoms with Crippen LogP contribution in [0.4, 0.5) is 0 Å². The molecule has 0 radical (unpaired) electrons. The molecule has 0 aliphatic carbocycles. The van der Waals surface area contributed by atoms with E-state index in [9.17, 15) is 5.11 Å². The number of nitrogens with zero attached hydrogens (tertiary/aromatic N) is 2. The molecule has 1 heterocycles. The van der Waals surface area contributed by atoms with E-state index in [0.717, 1.165) is 30.5 Å². The first-order chi connectivity index (χ1) is 6.88. The summed E-state index contributed by atoms with van der Waals surface area (Å²) in [5, 5.41) is 14.3. The van der Waals surface area contributed by atoms with Gasteiger partial charge in [-0.25, -0.2) is 4.68 Å². The quantitative estimate of drug-likeness (QED) is 0.833. The summed E-state index contributed by atoms with van der Waals surface area (Å²) in [6, 6.07) is 0. The highest BCUT2D eigenvalue weighted by atomic mass is 16.3. The van der Waals surface area contributed by atoms with E-state index in [-0.39, 0.29) is 5.41 Å². The summed E-state index contributed by atoms with van der Waals surface area (Å²) >= 11 is 0. The van der Waals surface area contributed by atoms with E-state index in [1.165, 1.54) is 0 Å². The van der Waals surface area contributed by atoms with Gasteiger partial charge in [-0.2, -0.15) is 5.10 Å². The van der Waals surface area contributed by atoms with Crippen molar-refractivity contribution in [3.05, 3.63) is 11.3 Å². The van der Waals surface area contributed by atoms with Crippen molar-refractivity contribution < 1.29 is 5.11 Å². The van der Waals surface area contributed by atoms with Crippen molar-refractivity contribution >= 4 is 0 Å². The molecule has 1 N–H and O–H groups in total. The maximum absolute atomic E-state index is 9.91. The average molecular weight is 210 g/mol. The Morgan fingerprint density at radius 2 is 1.93 bits per heavy atom. The van der Waals surface area contributed by atoms with Crippen molar-refractivity contribution in [3.8, 4) is 5.88 Å². The van der Waals surface area contributed by atoms with Crippen molar-refractivity contribution in [3.63, 3.8) is 0 Å². The molecule has 0 saturated heterocycles. The van der Waals surface area contributed by atoms with Gasteiger partial charge in [0.15, 0.2) is 0 Å². The Morgan fingerprint density at radius 1 is 1.33 bits per heavy atom. The van der Waals surface area contributed by atoms with Crippen molar-refractivity contribution in [1.29, 1.82) is 0 Å². The highest BCUT2D eigenvalue weighted by Crippen LogP contribution is 2.31. The van der Waals surface area contributed by atoms with Crippen LogP contribution in [-0.4, -0.2) is 14.9 Å². The van der Waals surface area contributed by atoms with Gasteiger partial charge in [-0.15, -0.1) is 0 Å². The summed E-state index contributed by atoms with van der Waals surface area (Å²) in [4.78, 5) is 0. The molecule has 3 heteroatoms. The second-order valence-corrected chi connectivity index (χ2v) is 5.13. The lowest BCUT2D eigenvalue weighted by molar-refractivity contribution is 0.413. The zero-order valence-corrected chi connectivity index (χ0v) is 10.5. The highest BCUT2D eigenvalue weighted by Gasteiger charge is 2.25. The number of unbranched alkanes of at least 4 members (excludes halogenated alkanes) is 1. The molecule has 0 bridgehead atoms. The Labute approximate surface area is 92.1 Å². The topological polar surface area (TPSA) is 38.0 Å². The van der Waals surface area contributed by atoms with E-state index in [1.54, 1.807) is 11.7 Å². The van der Waals surface area contributed by atoms with E-state index in [1.807, 2.05) is 0 Å². The Kier molecular flexibility index (Phi) is 3.42. The molecule has 3 nitrogen and oxygen atoms in total. The van der Waals surface area contributed by atoms with Gasteiger partial charge in [0, 0.05) is 18.0 Å². The molecular formula is C12H22N2O. The Hall–Kier alpha value is -0.990. The summed E-state index contributed by atoms with van der Waals surface area (Å²) in [6.45, 7) is 8.54. The van der Waals surface area contributed by atoms with Gasteiger partial charge < -0.3 is 5.11 Å². The molecule has 0 aliphatic rings. The lowest BCUT2D eigenvalue weighted by Gasteiger charge is -2.17. The van der Waals surface area contributed by atoms with Crippen LogP contribution in [0.1, 0.15) is 51.8 Å². The van der Waals surface area contributed by atoms with Gasteiger partial charge in [-0.1, -0.05) is 34.1 Å². The van der Waals surface area contributed by atoms with Gasteiger partial charge in [-0.3, -0.25) is 0 Å². The monoisotopic (exact) mass is 210 g/mol. The molecule has 0 fully saturated rings. The molecule has 0 aromatic carbocycles. The zero-order valence-electron chi connectivity index (χ0n) is 10.5. The van der Waals surface area contributed by atoms with Gasteiger partial charge in [0.2, 0.25) is 5.88 Å². The van der Waals surface area contributed by atoms with Gasteiger partial charge in [-0.05, 0) is 12.8 Å². The largest absolute Gasteiger partial charge is 0.493 e. The summed E-state index contributed by atoms with van der Waals surface area (Å²) in [7, 11) is 1.79. The van der Waals surface area contributed by atoms with Gasteiger partial charge in [0.25, 0.3) is 0 Å². The molecule has 15 heavy (non-hydrogen) atoms. The van der Waals surface area contributed by atoms with Crippen LogP contribution in [0.15, 0.2) is 0 Å². The minimum Gasteiger partial charge on any atom is -0.493 e. The van der Waals surface area contributed by atoms with Crippen LogP contribution in [0.5, 0.6) is 5.88 Å². The Balaban J connectivity index is 3.10. The molecule has 1 aromatic heterocycles. The van der Waals surface area contributed by atoms with Crippen molar-refractivity contribution in [2.24, 2.45) is 7.05 Å². The van der Waals surface area contributed by atoms with E-state index in [2.05, 4.69) is 32.8 Å². The molecule has 0 aliphatic heterocycles. The van der Waals surface area contributed by atoms with Crippen molar-refractivity contribution in [2.45, 2.75) is 52.4 Å². The van der Waals surface area contributed by atoms with Crippen molar-refractivity contribution in [2.75, 3.05) is 0 Å². The van der Waals surface area contributed by atoms with Crippen LogP contribution in [-0.2, 0) is 18.9 Å². The average Bonchev–Trinajstić information content (AvgIpc) is 2.40. The third-order valence-electron chi connectivity index (χ3n) is 2.60. The fourth-order valence-electron chi connectivity index (χ4n) is 1.75.